The van der Waals surface area contributed by atoms with Crippen molar-refractivity contribution in [2.45, 2.75) is 54.8 Å². The lowest BCUT2D eigenvalue weighted by molar-refractivity contribution is -0.158. The quantitative estimate of drug-likeness (QED) is 0.495. The molecule has 5 atom stereocenters. The molecule has 7 nitrogen and oxygen atoms in total. The summed E-state index contributed by atoms with van der Waals surface area (Å²) in [5.74, 6) is 0.765. The SMILES string of the molecule is C=CCN1CC[C@]23c4c5ccc(O)c4O[C@H]2[C@H](N(C)C(=O)/C=C/c2ccoc2)CC[C@@]3(N(C)C)[C@H]1C5. The topological polar surface area (TPSA) is 69.4 Å². The van der Waals surface area contributed by atoms with Crippen molar-refractivity contribution in [2.75, 3.05) is 34.2 Å². The number of aromatic hydroxyl groups is 1. The molecule has 1 spiro atoms. The average Bonchev–Trinajstić information content (AvgIpc) is 3.51. The highest BCUT2D eigenvalue weighted by Crippen LogP contribution is 2.67. The lowest BCUT2D eigenvalue weighted by atomic mass is 9.46. The summed E-state index contributed by atoms with van der Waals surface area (Å²) in [6.45, 7) is 5.82. The number of carbonyl (C=O) groups excluding carboxylic acids is 1. The first-order valence-electron chi connectivity index (χ1n) is 12.9. The van der Waals surface area contributed by atoms with Crippen LogP contribution in [-0.4, -0.2) is 83.7 Å². The lowest BCUT2D eigenvalue weighted by Gasteiger charge is -2.69. The Labute approximate surface area is 212 Å². The minimum Gasteiger partial charge on any atom is -0.504 e. The molecule has 1 saturated carbocycles. The lowest BCUT2D eigenvalue weighted by Crippen LogP contribution is -2.82. The monoisotopic (exact) mass is 489 g/mol. The third-order valence-corrected chi connectivity index (χ3v) is 9.51. The van der Waals surface area contributed by atoms with Crippen LogP contribution in [0.15, 0.2) is 53.9 Å². The second kappa shape index (κ2) is 8.25. The van der Waals surface area contributed by atoms with Crippen LogP contribution in [0.25, 0.3) is 6.08 Å². The zero-order chi connectivity index (χ0) is 25.2. The third kappa shape index (κ3) is 2.90. The van der Waals surface area contributed by atoms with Crippen molar-refractivity contribution in [3.05, 3.63) is 66.1 Å². The molecule has 0 unspecified atom stereocenters. The minimum atomic E-state index is -0.313. The Hall–Kier alpha value is -3.03. The summed E-state index contributed by atoms with van der Waals surface area (Å²) < 4.78 is 11.9. The molecule has 1 aromatic heterocycles. The van der Waals surface area contributed by atoms with Crippen LogP contribution < -0.4 is 4.74 Å². The van der Waals surface area contributed by atoms with E-state index >= 15 is 0 Å². The molecule has 190 valence electrons. The van der Waals surface area contributed by atoms with Crippen molar-refractivity contribution in [3.8, 4) is 11.5 Å². The molecule has 1 aromatic carbocycles. The molecule has 1 amide bonds. The van der Waals surface area contributed by atoms with E-state index in [1.165, 1.54) is 11.1 Å². The molecule has 36 heavy (non-hydrogen) atoms. The smallest absolute Gasteiger partial charge is 0.246 e. The standard InChI is InChI=1S/C29H35N3O4/c1-5-14-32-15-13-28-25-20-7-8-22(33)26(25)36-27(28)21(10-12-29(28,30(2)3)23(32)17-20)31(4)24(34)9-6-19-11-16-35-18-19/h5-9,11,16,18,21,23,27,33H,1,10,12-15,17H2,2-4H3/b9-6+/t21-,23-,27+,28+,29-/m1/s1. The first kappa shape index (κ1) is 23.4. The summed E-state index contributed by atoms with van der Waals surface area (Å²) in [7, 11) is 6.27. The maximum absolute atomic E-state index is 13.3. The van der Waals surface area contributed by atoms with Crippen molar-refractivity contribution in [1.82, 2.24) is 14.7 Å². The summed E-state index contributed by atoms with van der Waals surface area (Å²) in [6, 6.07) is 5.88. The molecule has 0 radical (unpaired) electrons. The molecule has 3 heterocycles. The summed E-state index contributed by atoms with van der Waals surface area (Å²) >= 11 is 0. The fourth-order valence-corrected chi connectivity index (χ4v) is 8.12. The predicted octanol–water partition coefficient (Wildman–Crippen LogP) is 3.44. The highest BCUT2D eigenvalue weighted by Gasteiger charge is 2.74. The van der Waals surface area contributed by atoms with Gasteiger partial charge in [-0.25, -0.2) is 0 Å². The average molecular weight is 490 g/mol. The van der Waals surface area contributed by atoms with Gasteiger partial charge in [0.05, 0.1) is 24.0 Å². The second-order valence-electron chi connectivity index (χ2n) is 11.0. The fraction of sp³-hybridized carbons (Fsp3) is 0.483. The molecule has 2 fully saturated rings. The van der Waals surface area contributed by atoms with E-state index in [0.717, 1.165) is 44.3 Å². The van der Waals surface area contributed by atoms with Gasteiger partial charge >= 0.3 is 0 Å². The number of hydrogen-bond acceptors (Lipinski definition) is 6. The Balaban J connectivity index is 1.46. The van der Waals surface area contributed by atoms with E-state index in [0.29, 0.717) is 11.8 Å². The van der Waals surface area contributed by atoms with Gasteiger partial charge in [0.2, 0.25) is 5.91 Å². The number of amides is 1. The zero-order valence-corrected chi connectivity index (χ0v) is 21.3. The third-order valence-electron chi connectivity index (χ3n) is 9.51. The number of likely N-dealkylation sites (N-methyl/N-ethyl adjacent to an activating group) is 2. The number of nitrogens with zero attached hydrogens (tertiary/aromatic N) is 3. The highest BCUT2D eigenvalue weighted by molar-refractivity contribution is 5.92. The van der Waals surface area contributed by atoms with Crippen LogP contribution in [0.1, 0.15) is 36.0 Å². The molecule has 1 N–H and O–H groups in total. The number of phenolic OH excluding ortho intramolecular Hbond substituents is 1. The Morgan fingerprint density at radius 2 is 2.11 bits per heavy atom. The second-order valence-corrected chi connectivity index (χ2v) is 11.0. The molecular formula is C29H35N3O4. The molecular weight excluding hydrogens is 454 g/mol. The number of piperidine rings is 1. The van der Waals surface area contributed by atoms with Gasteiger partial charge in [-0.2, -0.15) is 0 Å². The number of likely N-dealkylation sites (tertiary alicyclic amines) is 1. The normalized spacial score (nSPS) is 32.4. The zero-order valence-electron chi connectivity index (χ0n) is 21.3. The number of ether oxygens (including phenoxy) is 1. The van der Waals surface area contributed by atoms with E-state index in [-0.39, 0.29) is 34.8 Å². The maximum Gasteiger partial charge on any atom is 0.246 e. The van der Waals surface area contributed by atoms with Gasteiger partial charge in [0.25, 0.3) is 0 Å². The number of rotatable bonds is 6. The number of carbonyl (C=O) groups is 1. The first-order valence-corrected chi connectivity index (χ1v) is 12.9. The van der Waals surface area contributed by atoms with Crippen LogP contribution in [0.2, 0.25) is 0 Å². The first-order chi connectivity index (χ1) is 17.3. The van der Waals surface area contributed by atoms with Crippen molar-refractivity contribution >= 4 is 12.0 Å². The minimum absolute atomic E-state index is 0.0598. The predicted molar refractivity (Wildman–Crippen MR) is 138 cm³/mol. The molecule has 2 aromatic rings. The van der Waals surface area contributed by atoms with E-state index in [4.69, 9.17) is 9.15 Å². The van der Waals surface area contributed by atoms with Gasteiger partial charge in [-0.15, -0.1) is 6.58 Å². The summed E-state index contributed by atoms with van der Waals surface area (Å²) in [4.78, 5) is 20.2. The van der Waals surface area contributed by atoms with E-state index < -0.39 is 0 Å². The highest BCUT2D eigenvalue weighted by atomic mass is 16.5. The van der Waals surface area contributed by atoms with Gasteiger partial charge < -0.3 is 24.1 Å². The number of hydrogen-bond donors (Lipinski definition) is 1. The van der Waals surface area contributed by atoms with Crippen molar-refractivity contribution in [3.63, 3.8) is 0 Å². The van der Waals surface area contributed by atoms with Crippen LogP contribution in [-0.2, 0) is 16.6 Å². The van der Waals surface area contributed by atoms with E-state index in [1.54, 1.807) is 30.7 Å². The van der Waals surface area contributed by atoms with E-state index in [1.807, 2.05) is 24.1 Å². The van der Waals surface area contributed by atoms with Crippen LogP contribution in [0.5, 0.6) is 11.5 Å². The Kier molecular flexibility index (Phi) is 5.36. The van der Waals surface area contributed by atoms with Gasteiger partial charge in [0.15, 0.2) is 11.5 Å². The van der Waals surface area contributed by atoms with Crippen LogP contribution >= 0.6 is 0 Å². The fourth-order valence-electron chi connectivity index (χ4n) is 8.12. The molecule has 6 rings (SSSR count). The molecule has 2 aliphatic heterocycles. The summed E-state index contributed by atoms with van der Waals surface area (Å²) in [6.07, 6.45) is 12.0. The summed E-state index contributed by atoms with van der Waals surface area (Å²) in [5.41, 5.74) is 2.81. The Bertz CT molecular complexity index is 1220. The van der Waals surface area contributed by atoms with E-state index in [2.05, 4.69) is 36.5 Å². The maximum atomic E-state index is 13.3. The van der Waals surface area contributed by atoms with E-state index in [9.17, 15) is 9.90 Å². The largest absolute Gasteiger partial charge is 0.504 e. The molecule has 7 heteroatoms. The molecule has 2 bridgehead atoms. The van der Waals surface area contributed by atoms with Crippen LogP contribution in [0.4, 0.5) is 0 Å². The molecule has 1 saturated heterocycles. The van der Waals surface area contributed by atoms with Gasteiger partial charge in [-0.3, -0.25) is 9.69 Å². The Morgan fingerprint density at radius 1 is 1.28 bits per heavy atom. The Morgan fingerprint density at radius 3 is 2.83 bits per heavy atom. The van der Waals surface area contributed by atoms with Crippen molar-refractivity contribution < 1.29 is 19.1 Å². The number of furan rings is 1. The van der Waals surface area contributed by atoms with Gasteiger partial charge in [0.1, 0.15) is 6.10 Å². The number of benzene rings is 1. The van der Waals surface area contributed by atoms with Crippen LogP contribution in [0.3, 0.4) is 0 Å². The van der Waals surface area contributed by atoms with Gasteiger partial charge in [0, 0.05) is 42.4 Å². The van der Waals surface area contributed by atoms with Gasteiger partial charge in [-0.05, 0) is 70.1 Å². The van der Waals surface area contributed by atoms with Crippen molar-refractivity contribution in [1.29, 1.82) is 0 Å². The molecule has 2 aliphatic carbocycles. The summed E-state index contributed by atoms with van der Waals surface area (Å²) in [5, 5.41) is 10.9. The van der Waals surface area contributed by atoms with Crippen molar-refractivity contribution in [2.24, 2.45) is 0 Å². The number of phenols is 1. The molecule has 4 aliphatic rings. The van der Waals surface area contributed by atoms with Crippen LogP contribution in [0, 0.1) is 0 Å². The van der Waals surface area contributed by atoms with Gasteiger partial charge in [-0.1, -0.05) is 12.1 Å².